The molecule has 1 fully saturated rings. The van der Waals surface area contributed by atoms with Gasteiger partial charge in [0.1, 0.15) is 12.1 Å². The molecule has 10 nitrogen and oxygen atoms in total. The van der Waals surface area contributed by atoms with Crippen LogP contribution >= 0.6 is 0 Å². The SMILES string of the molecule is CC(C)CN(C(CO)CCCCNC(=O)C(Cc1ccc2ccccc2c1)NC(=O)C1CCCO1)S(=O)(=O)c1ccc(N)cc1. The van der Waals surface area contributed by atoms with Gasteiger partial charge in [0.2, 0.25) is 21.8 Å². The molecule has 0 saturated carbocycles. The van der Waals surface area contributed by atoms with Crippen LogP contribution in [0.3, 0.4) is 0 Å². The molecule has 3 aromatic rings. The van der Waals surface area contributed by atoms with E-state index in [0.717, 1.165) is 22.8 Å². The number of aliphatic hydroxyl groups is 1. The number of hydrogen-bond donors (Lipinski definition) is 4. The Kier molecular flexibility index (Phi) is 12.3. The number of ether oxygens (including phenoxy) is 1. The lowest BCUT2D eigenvalue weighted by molar-refractivity contribution is -0.134. The number of sulfonamides is 1. The number of benzene rings is 3. The Morgan fingerprint density at radius 3 is 2.44 bits per heavy atom. The molecule has 45 heavy (non-hydrogen) atoms. The summed E-state index contributed by atoms with van der Waals surface area (Å²) in [7, 11) is -3.86. The molecule has 4 rings (SSSR count). The molecule has 0 aliphatic carbocycles. The zero-order chi connectivity index (χ0) is 32.4. The molecule has 0 radical (unpaired) electrons. The Labute approximate surface area is 266 Å². The van der Waals surface area contributed by atoms with Crippen molar-refractivity contribution in [1.82, 2.24) is 14.9 Å². The molecule has 0 bridgehead atoms. The second-order valence-corrected chi connectivity index (χ2v) is 14.0. The number of aliphatic hydroxyl groups excluding tert-OH is 1. The minimum Gasteiger partial charge on any atom is -0.399 e. The lowest BCUT2D eigenvalue weighted by Crippen LogP contribution is -2.50. The van der Waals surface area contributed by atoms with Gasteiger partial charge in [0.15, 0.2) is 0 Å². The van der Waals surface area contributed by atoms with Crippen molar-refractivity contribution >= 4 is 38.3 Å². The fraction of sp³-hybridized carbons (Fsp3) is 0.471. The third kappa shape index (κ3) is 9.49. The van der Waals surface area contributed by atoms with Crippen molar-refractivity contribution in [1.29, 1.82) is 0 Å². The smallest absolute Gasteiger partial charge is 0.249 e. The third-order valence-electron chi connectivity index (χ3n) is 8.02. The Morgan fingerprint density at radius 2 is 1.78 bits per heavy atom. The summed E-state index contributed by atoms with van der Waals surface area (Å²) in [5, 5.41) is 18.2. The molecule has 3 atom stereocenters. The molecule has 1 saturated heterocycles. The molecule has 2 amide bonds. The van der Waals surface area contributed by atoms with Gasteiger partial charge in [-0.05, 0) is 72.2 Å². The normalized spacial score (nSPS) is 16.6. The highest BCUT2D eigenvalue weighted by Crippen LogP contribution is 2.23. The summed E-state index contributed by atoms with van der Waals surface area (Å²) in [5.41, 5.74) is 7.15. The second kappa shape index (κ2) is 16.2. The number of hydrogen-bond acceptors (Lipinski definition) is 7. The summed E-state index contributed by atoms with van der Waals surface area (Å²) in [6.45, 7) is 4.68. The minimum absolute atomic E-state index is 0.0475. The molecule has 1 heterocycles. The van der Waals surface area contributed by atoms with Gasteiger partial charge < -0.3 is 26.2 Å². The lowest BCUT2D eigenvalue weighted by Gasteiger charge is -2.31. The summed E-state index contributed by atoms with van der Waals surface area (Å²) < 4.78 is 33.9. The van der Waals surface area contributed by atoms with Crippen molar-refractivity contribution in [3.8, 4) is 0 Å². The fourth-order valence-corrected chi connectivity index (χ4v) is 7.41. The fourth-order valence-electron chi connectivity index (χ4n) is 5.60. The number of nitrogens with zero attached hydrogens (tertiary/aromatic N) is 1. The van der Waals surface area contributed by atoms with Crippen LogP contribution in [0.4, 0.5) is 5.69 Å². The van der Waals surface area contributed by atoms with E-state index in [0.29, 0.717) is 50.9 Å². The molecule has 1 aliphatic heterocycles. The quantitative estimate of drug-likeness (QED) is 0.138. The highest BCUT2D eigenvalue weighted by molar-refractivity contribution is 7.89. The Bertz CT molecular complexity index is 1520. The molecular weight excluding hydrogens is 592 g/mol. The number of nitrogen functional groups attached to an aromatic ring is 1. The van der Waals surface area contributed by atoms with E-state index in [9.17, 15) is 23.1 Å². The van der Waals surface area contributed by atoms with E-state index in [-0.39, 0.29) is 35.8 Å². The number of rotatable bonds is 16. The zero-order valence-electron chi connectivity index (χ0n) is 26.2. The average Bonchev–Trinajstić information content (AvgIpc) is 3.57. The van der Waals surface area contributed by atoms with Crippen LogP contribution in [0.25, 0.3) is 10.8 Å². The first-order valence-corrected chi connectivity index (χ1v) is 17.2. The van der Waals surface area contributed by atoms with Crippen molar-refractivity contribution in [3.63, 3.8) is 0 Å². The average molecular weight is 639 g/mol. The van der Waals surface area contributed by atoms with Crippen molar-refractivity contribution in [2.75, 3.05) is 32.0 Å². The summed E-state index contributed by atoms with van der Waals surface area (Å²) in [6, 6.07) is 18.7. The molecule has 3 unspecified atom stereocenters. The monoisotopic (exact) mass is 638 g/mol. The van der Waals surface area contributed by atoms with Gasteiger partial charge in [-0.25, -0.2) is 8.42 Å². The molecule has 244 valence electrons. The first-order valence-electron chi connectivity index (χ1n) is 15.7. The van der Waals surface area contributed by atoms with Crippen LogP contribution in [0, 0.1) is 5.92 Å². The highest BCUT2D eigenvalue weighted by Gasteiger charge is 2.32. The van der Waals surface area contributed by atoms with Crippen molar-refractivity contribution in [2.24, 2.45) is 5.92 Å². The van der Waals surface area contributed by atoms with E-state index < -0.39 is 28.2 Å². The molecule has 0 aromatic heterocycles. The van der Waals surface area contributed by atoms with Crippen molar-refractivity contribution in [3.05, 3.63) is 72.3 Å². The van der Waals surface area contributed by atoms with E-state index in [1.54, 1.807) is 12.1 Å². The third-order valence-corrected chi connectivity index (χ3v) is 9.95. The Balaban J connectivity index is 1.36. The van der Waals surface area contributed by atoms with E-state index in [1.807, 2.05) is 56.3 Å². The number of nitrogens with two attached hydrogens (primary N) is 1. The number of amides is 2. The second-order valence-electron chi connectivity index (χ2n) is 12.1. The maximum absolute atomic E-state index is 13.5. The number of nitrogens with one attached hydrogen (secondary N) is 2. The van der Waals surface area contributed by atoms with Gasteiger partial charge in [-0.1, -0.05) is 62.7 Å². The van der Waals surface area contributed by atoms with Gasteiger partial charge in [-0.15, -0.1) is 0 Å². The zero-order valence-corrected chi connectivity index (χ0v) is 27.0. The van der Waals surface area contributed by atoms with E-state index in [1.165, 1.54) is 16.4 Å². The van der Waals surface area contributed by atoms with Crippen LogP contribution in [0.2, 0.25) is 0 Å². The maximum atomic E-state index is 13.5. The Hall–Kier alpha value is -3.51. The van der Waals surface area contributed by atoms with E-state index >= 15 is 0 Å². The van der Waals surface area contributed by atoms with Crippen LogP contribution in [-0.4, -0.2) is 74.1 Å². The van der Waals surface area contributed by atoms with Crippen LogP contribution in [0.15, 0.2) is 71.6 Å². The summed E-state index contributed by atoms with van der Waals surface area (Å²) in [6.07, 6.45) is 2.79. The number of anilines is 1. The highest BCUT2D eigenvalue weighted by atomic mass is 32.2. The largest absolute Gasteiger partial charge is 0.399 e. The first-order chi connectivity index (χ1) is 21.6. The molecule has 11 heteroatoms. The number of carbonyl (C=O) groups is 2. The van der Waals surface area contributed by atoms with Crippen LogP contribution in [-0.2, 0) is 30.8 Å². The van der Waals surface area contributed by atoms with Gasteiger partial charge in [-0.2, -0.15) is 4.31 Å². The number of fused-ring (bicyclic) bond motifs is 1. The topological polar surface area (TPSA) is 151 Å². The molecule has 1 aliphatic rings. The van der Waals surface area contributed by atoms with E-state index in [4.69, 9.17) is 10.5 Å². The molecule has 3 aromatic carbocycles. The predicted octanol–water partition coefficient (Wildman–Crippen LogP) is 3.62. The molecule has 0 spiro atoms. The van der Waals surface area contributed by atoms with E-state index in [2.05, 4.69) is 10.6 Å². The minimum atomic E-state index is -3.86. The van der Waals surface area contributed by atoms with Gasteiger partial charge in [0.25, 0.3) is 0 Å². The summed E-state index contributed by atoms with van der Waals surface area (Å²) in [4.78, 5) is 26.4. The Morgan fingerprint density at radius 1 is 1.04 bits per heavy atom. The predicted molar refractivity (Wildman–Crippen MR) is 176 cm³/mol. The standard InChI is InChI=1S/C34H46N4O6S/c1-24(2)22-38(45(42,43)30-16-14-28(35)15-17-30)29(23-39)10-5-6-18-36-33(40)31(37-34(41)32-11-7-19-44-32)21-25-12-13-26-8-3-4-9-27(26)20-25/h3-4,8-9,12-17,20,24,29,31-32,39H,5-7,10-11,18-19,21-23,35H2,1-2H3,(H,36,40)(H,37,41). The molecular formula is C34H46N4O6S. The number of carbonyl (C=O) groups excluding carboxylic acids is 2. The van der Waals surface area contributed by atoms with Gasteiger partial charge >= 0.3 is 0 Å². The lowest BCUT2D eigenvalue weighted by atomic mass is 10.0. The summed E-state index contributed by atoms with van der Waals surface area (Å²) in [5.74, 6) is -0.529. The van der Waals surface area contributed by atoms with Gasteiger partial charge in [0.05, 0.1) is 11.5 Å². The molecule has 5 N–H and O–H groups in total. The van der Waals surface area contributed by atoms with Crippen LogP contribution in [0.5, 0.6) is 0 Å². The van der Waals surface area contributed by atoms with Crippen molar-refractivity contribution in [2.45, 2.75) is 75.5 Å². The summed E-state index contributed by atoms with van der Waals surface area (Å²) >= 11 is 0. The first kappa shape index (κ1) is 34.4. The van der Waals surface area contributed by atoms with Crippen LogP contribution in [0.1, 0.15) is 51.5 Å². The van der Waals surface area contributed by atoms with Gasteiger partial charge in [-0.3, -0.25) is 9.59 Å². The van der Waals surface area contributed by atoms with Crippen molar-refractivity contribution < 1.29 is 27.9 Å². The van der Waals surface area contributed by atoms with Crippen LogP contribution < -0.4 is 16.4 Å². The van der Waals surface area contributed by atoms with Gasteiger partial charge in [0, 0.05) is 37.8 Å². The maximum Gasteiger partial charge on any atom is 0.249 e. The number of unbranched alkanes of at least 4 members (excludes halogenated alkanes) is 1.